The molecule has 2 aromatic carbocycles. The lowest BCUT2D eigenvalue weighted by Crippen LogP contribution is -2.45. The Morgan fingerprint density at radius 1 is 1.00 bits per heavy atom. The summed E-state index contributed by atoms with van der Waals surface area (Å²) in [5.74, 6) is -0.252. The molecule has 2 aliphatic rings. The van der Waals surface area contributed by atoms with Gasteiger partial charge in [0.05, 0.1) is 29.0 Å². The van der Waals surface area contributed by atoms with Gasteiger partial charge in [0.2, 0.25) is 0 Å². The lowest BCUT2D eigenvalue weighted by atomic mass is 9.99. The Labute approximate surface area is 280 Å². The van der Waals surface area contributed by atoms with Gasteiger partial charge < -0.3 is 24.8 Å². The van der Waals surface area contributed by atoms with Crippen molar-refractivity contribution in [3.63, 3.8) is 0 Å². The van der Waals surface area contributed by atoms with Crippen molar-refractivity contribution in [1.29, 1.82) is 0 Å². The van der Waals surface area contributed by atoms with E-state index in [1.54, 1.807) is 36.1 Å². The molecule has 2 aliphatic heterocycles. The van der Waals surface area contributed by atoms with Crippen LogP contribution in [-0.4, -0.2) is 79.7 Å². The SMILES string of the molecule is CCN1CCN(Cc2ccc(NC(=O)N3CCc4ccc(Oc5c(F)cnc6[nH]c(-c7cnn(C)c7)cc56)cc4C3)cc2C(F)(F)F)CC1. The van der Waals surface area contributed by atoms with Crippen molar-refractivity contribution in [1.82, 2.24) is 34.4 Å². The van der Waals surface area contributed by atoms with Crippen molar-refractivity contribution >= 4 is 22.8 Å². The number of ether oxygens (including phenoxy) is 1. The Bertz CT molecular complexity index is 2000. The smallest absolute Gasteiger partial charge is 0.416 e. The highest BCUT2D eigenvalue weighted by atomic mass is 19.4. The minimum atomic E-state index is -4.57. The number of aryl methyl sites for hydroxylation is 1. The third-order valence-corrected chi connectivity index (χ3v) is 9.25. The molecule has 256 valence electrons. The Hall–Kier alpha value is -4.95. The maximum atomic E-state index is 15.1. The summed E-state index contributed by atoms with van der Waals surface area (Å²) in [5, 5.41) is 7.31. The van der Waals surface area contributed by atoms with E-state index in [-0.39, 0.29) is 30.1 Å². The van der Waals surface area contributed by atoms with Crippen LogP contribution in [-0.2, 0) is 32.7 Å². The second-order valence-electron chi connectivity index (χ2n) is 12.5. The molecule has 5 aromatic rings. The summed E-state index contributed by atoms with van der Waals surface area (Å²) in [6.07, 6.45) is 0.584. The molecule has 2 N–H and O–H groups in total. The van der Waals surface area contributed by atoms with Gasteiger partial charge in [0.1, 0.15) is 11.4 Å². The molecule has 0 unspecified atom stereocenters. The molecule has 0 saturated carbocycles. The van der Waals surface area contributed by atoms with Gasteiger partial charge in [-0.15, -0.1) is 0 Å². The normalized spacial score (nSPS) is 15.8. The summed E-state index contributed by atoms with van der Waals surface area (Å²) in [5.41, 5.74) is 3.28. The van der Waals surface area contributed by atoms with Crippen LogP contribution in [0.1, 0.15) is 29.2 Å². The summed E-state index contributed by atoms with van der Waals surface area (Å²) < 4.78 is 65.2. The van der Waals surface area contributed by atoms with Crippen molar-refractivity contribution < 1.29 is 27.1 Å². The van der Waals surface area contributed by atoms with Gasteiger partial charge in [0.15, 0.2) is 11.6 Å². The number of carbonyl (C=O) groups is 1. The van der Waals surface area contributed by atoms with Crippen LogP contribution in [0.2, 0.25) is 0 Å². The number of H-pyrrole nitrogens is 1. The van der Waals surface area contributed by atoms with E-state index < -0.39 is 23.6 Å². The molecule has 2 amide bonds. The fourth-order valence-electron chi connectivity index (χ4n) is 6.50. The van der Waals surface area contributed by atoms with E-state index in [4.69, 9.17) is 4.74 Å². The molecule has 0 aliphatic carbocycles. The van der Waals surface area contributed by atoms with Crippen molar-refractivity contribution in [2.24, 2.45) is 7.05 Å². The van der Waals surface area contributed by atoms with E-state index in [9.17, 15) is 18.0 Å². The number of urea groups is 1. The maximum Gasteiger partial charge on any atom is 0.416 e. The number of nitrogens with one attached hydrogen (secondary N) is 2. The molecule has 14 heteroatoms. The van der Waals surface area contributed by atoms with E-state index in [2.05, 4.69) is 32.2 Å². The number of fused-ring (bicyclic) bond motifs is 2. The number of aromatic amines is 1. The van der Waals surface area contributed by atoms with Crippen molar-refractivity contribution in [3.8, 4) is 22.8 Å². The molecular weight excluding hydrogens is 640 g/mol. The Morgan fingerprint density at radius 2 is 1.80 bits per heavy atom. The van der Waals surface area contributed by atoms with E-state index >= 15 is 4.39 Å². The topological polar surface area (TPSA) is 94.5 Å². The number of piperazine rings is 1. The first-order chi connectivity index (χ1) is 23.5. The lowest BCUT2D eigenvalue weighted by Gasteiger charge is -2.34. The standard InChI is InChI=1S/C35H36F4N8O2/c1-3-45-10-12-46(13-11-45)20-23-4-6-26(15-29(23)35(37,38)39)42-34(48)47-9-8-22-5-7-27(14-24(22)21-47)49-32-28-16-31(25-17-41-44(2)19-25)43-33(28)40-18-30(32)36/h4-7,14-19H,3,8-13,20-21H2,1-2H3,(H,40,43)(H,42,48). The molecule has 49 heavy (non-hydrogen) atoms. The summed E-state index contributed by atoms with van der Waals surface area (Å²) >= 11 is 0. The van der Waals surface area contributed by atoms with Gasteiger partial charge in [-0.3, -0.25) is 9.58 Å². The largest absolute Gasteiger partial charge is 0.453 e. The van der Waals surface area contributed by atoms with Crippen molar-refractivity contribution in [2.45, 2.75) is 32.6 Å². The van der Waals surface area contributed by atoms with Crippen LogP contribution in [0.25, 0.3) is 22.3 Å². The maximum absolute atomic E-state index is 15.1. The number of aromatic nitrogens is 4. The minimum absolute atomic E-state index is 0.00823. The predicted molar refractivity (Wildman–Crippen MR) is 177 cm³/mol. The molecular formula is C35H36F4N8O2. The first-order valence-electron chi connectivity index (χ1n) is 16.2. The third-order valence-electron chi connectivity index (χ3n) is 9.25. The summed E-state index contributed by atoms with van der Waals surface area (Å²) in [6.45, 7) is 6.83. The van der Waals surface area contributed by atoms with Crippen LogP contribution in [0, 0.1) is 5.82 Å². The zero-order chi connectivity index (χ0) is 34.3. The number of hydrogen-bond acceptors (Lipinski definition) is 6. The molecule has 0 spiro atoms. The van der Waals surface area contributed by atoms with Crippen molar-refractivity contribution in [2.75, 3.05) is 44.6 Å². The third kappa shape index (κ3) is 6.97. The van der Waals surface area contributed by atoms with Gasteiger partial charge in [0, 0.05) is 70.3 Å². The Balaban J connectivity index is 1.05. The first kappa shape index (κ1) is 32.6. The van der Waals surface area contributed by atoms with E-state index in [1.165, 1.54) is 17.0 Å². The molecule has 0 radical (unpaired) electrons. The minimum Gasteiger partial charge on any atom is -0.453 e. The number of likely N-dealkylation sites (N-methyl/N-ethyl adjacent to an activating group) is 1. The van der Waals surface area contributed by atoms with Crippen LogP contribution in [0.4, 0.5) is 28.0 Å². The van der Waals surface area contributed by atoms with Gasteiger partial charge >= 0.3 is 12.2 Å². The van der Waals surface area contributed by atoms with E-state index in [0.717, 1.165) is 48.6 Å². The average molecular weight is 677 g/mol. The fraction of sp³-hybridized carbons (Fsp3) is 0.343. The van der Waals surface area contributed by atoms with Crippen LogP contribution >= 0.6 is 0 Å². The molecule has 5 heterocycles. The Kier molecular flexibility index (Phi) is 8.75. The molecule has 0 atom stereocenters. The number of carbonyl (C=O) groups excluding carboxylic acids is 1. The molecule has 0 bridgehead atoms. The number of alkyl halides is 3. The molecule has 7 rings (SSSR count). The highest BCUT2D eigenvalue weighted by Gasteiger charge is 2.34. The lowest BCUT2D eigenvalue weighted by molar-refractivity contribution is -0.138. The van der Waals surface area contributed by atoms with Crippen LogP contribution in [0.15, 0.2) is 61.1 Å². The number of nitrogens with zero attached hydrogens (tertiary/aromatic N) is 6. The molecule has 10 nitrogen and oxygen atoms in total. The fourth-order valence-corrected chi connectivity index (χ4v) is 6.50. The van der Waals surface area contributed by atoms with Crippen LogP contribution in [0.3, 0.4) is 0 Å². The molecule has 1 fully saturated rings. The highest BCUT2D eigenvalue weighted by molar-refractivity contribution is 5.90. The second kappa shape index (κ2) is 13.2. The van der Waals surface area contributed by atoms with Gasteiger partial charge in [-0.1, -0.05) is 19.1 Å². The zero-order valence-corrected chi connectivity index (χ0v) is 27.1. The number of pyridine rings is 1. The van der Waals surface area contributed by atoms with Gasteiger partial charge in [0.25, 0.3) is 0 Å². The first-order valence-corrected chi connectivity index (χ1v) is 16.2. The monoisotopic (exact) mass is 676 g/mol. The molecule has 3 aromatic heterocycles. The number of benzene rings is 2. The summed E-state index contributed by atoms with van der Waals surface area (Å²) in [6, 6.07) is 10.6. The van der Waals surface area contributed by atoms with Gasteiger partial charge in [-0.25, -0.2) is 14.2 Å². The van der Waals surface area contributed by atoms with Gasteiger partial charge in [-0.2, -0.15) is 18.3 Å². The zero-order valence-electron chi connectivity index (χ0n) is 27.1. The average Bonchev–Trinajstić information content (AvgIpc) is 3.73. The number of hydrogen-bond donors (Lipinski definition) is 2. The molecule has 1 saturated heterocycles. The number of amides is 2. The number of anilines is 1. The predicted octanol–water partition coefficient (Wildman–Crippen LogP) is 6.64. The number of halogens is 4. The number of rotatable bonds is 7. The van der Waals surface area contributed by atoms with Crippen LogP contribution in [0.5, 0.6) is 11.5 Å². The second-order valence-corrected chi connectivity index (χ2v) is 12.5. The quantitative estimate of drug-likeness (QED) is 0.188. The summed E-state index contributed by atoms with van der Waals surface area (Å²) in [4.78, 5) is 26.5. The van der Waals surface area contributed by atoms with E-state index in [1.807, 2.05) is 17.2 Å². The summed E-state index contributed by atoms with van der Waals surface area (Å²) in [7, 11) is 1.80. The highest BCUT2D eigenvalue weighted by Crippen LogP contribution is 2.37. The Morgan fingerprint density at radius 3 is 2.53 bits per heavy atom. The van der Waals surface area contributed by atoms with Crippen molar-refractivity contribution in [3.05, 3.63) is 89.1 Å². The van der Waals surface area contributed by atoms with Crippen LogP contribution < -0.4 is 10.1 Å². The van der Waals surface area contributed by atoms with E-state index in [0.29, 0.717) is 48.5 Å². The van der Waals surface area contributed by atoms with Gasteiger partial charge in [-0.05, 0) is 60.0 Å².